The number of hydrogen-bond donors (Lipinski definition) is 2. The second-order valence-electron chi connectivity index (χ2n) is 4.48. The summed E-state index contributed by atoms with van der Waals surface area (Å²) in [6, 6.07) is 8.97. The molecule has 0 spiro atoms. The first-order valence-electron chi connectivity index (χ1n) is 5.81. The Balaban J connectivity index is 2.68. The molecule has 21 heavy (non-hydrogen) atoms. The topological polar surface area (TPSA) is 115 Å². The molecule has 8 heteroatoms. The fraction of sp³-hybridized carbons (Fsp3) is 0.0769. The van der Waals surface area contributed by atoms with Crippen molar-refractivity contribution in [1.29, 1.82) is 0 Å². The van der Waals surface area contributed by atoms with Crippen LogP contribution in [0.3, 0.4) is 0 Å². The lowest BCUT2D eigenvalue weighted by molar-refractivity contribution is 0.483. The minimum Gasteiger partial charge on any atom is -0.399 e. The van der Waals surface area contributed by atoms with Gasteiger partial charge in [-0.25, -0.2) is 8.42 Å². The third kappa shape index (κ3) is 3.07. The van der Waals surface area contributed by atoms with E-state index in [0.29, 0.717) is 5.56 Å². The van der Waals surface area contributed by atoms with Crippen molar-refractivity contribution < 1.29 is 21.4 Å². The molecule has 3 N–H and O–H groups in total. The summed E-state index contributed by atoms with van der Waals surface area (Å²) < 4.78 is 56.3. The fourth-order valence-electron chi connectivity index (χ4n) is 1.83. The van der Waals surface area contributed by atoms with E-state index < -0.39 is 24.9 Å². The smallest absolute Gasteiger partial charge is 0.294 e. The highest BCUT2D eigenvalue weighted by Crippen LogP contribution is 2.27. The van der Waals surface area contributed by atoms with Crippen LogP contribution in [0.4, 0.5) is 5.69 Å². The Morgan fingerprint density at radius 1 is 0.952 bits per heavy atom. The van der Waals surface area contributed by atoms with Crippen molar-refractivity contribution in [1.82, 2.24) is 0 Å². The van der Waals surface area contributed by atoms with Crippen LogP contribution in [-0.2, 0) is 20.0 Å². The predicted molar refractivity (Wildman–Crippen MR) is 77.3 cm³/mol. The molecule has 112 valence electrons. The van der Waals surface area contributed by atoms with E-state index in [2.05, 4.69) is 0 Å². The number of benzene rings is 2. The second kappa shape index (κ2) is 5.14. The highest BCUT2D eigenvalue weighted by molar-refractivity contribution is 7.91. The zero-order valence-corrected chi connectivity index (χ0v) is 12.6. The number of nitrogens with two attached hydrogens (primary N) is 1. The van der Waals surface area contributed by atoms with Gasteiger partial charge in [-0.05, 0) is 42.8 Å². The monoisotopic (exact) mass is 327 g/mol. The first-order chi connectivity index (χ1) is 9.62. The normalized spacial score (nSPS) is 12.3. The SMILES string of the molecule is Cc1ccc(N)cc1S(=O)(=O)c1cccc(S(=O)(=O)O)c1. The van der Waals surface area contributed by atoms with Gasteiger partial charge in [0.1, 0.15) is 0 Å². The van der Waals surface area contributed by atoms with E-state index in [1.54, 1.807) is 19.1 Å². The van der Waals surface area contributed by atoms with Gasteiger partial charge in [0.2, 0.25) is 9.84 Å². The molecule has 2 aromatic carbocycles. The molecule has 0 saturated carbocycles. The van der Waals surface area contributed by atoms with E-state index in [-0.39, 0.29) is 15.5 Å². The van der Waals surface area contributed by atoms with Gasteiger partial charge in [0.15, 0.2) is 0 Å². The molecule has 0 fully saturated rings. The van der Waals surface area contributed by atoms with Crippen molar-refractivity contribution in [3.05, 3.63) is 48.0 Å². The van der Waals surface area contributed by atoms with Crippen molar-refractivity contribution in [2.45, 2.75) is 21.6 Å². The summed E-state index contributed by atoms with van der Waals surface area (Å²) in [6.07, 6.45) is 0. The Hall–Kier alpha value is -1.90. The van der Waals surface area contributed by atoms with Gasteiger partial charge in [-0.3, -0.25) is 4.55 Å². The summed E-state index contributed by atoms with van der Waals surface area (Å²) in [5.74, 6) is 0. The molecular weight excluding hydrogens is 314 g/mol. The highest BCUT2D eigenvalue weighted by Gasteiger charge is 2.22. The molecule has 0 amide bonds. The predicted octanol–water partition coefficient (Wildman–Crippen LogP) is 1.66. The van der Waals surface area contributed by atoms with E-state index in [1.807, 2.05) is 0 Å². The van der Waals surface area contributed by atoms with Crippen molar-refractivity contribution in [2.75, 3.05) is 5.73 Å². The van der Waals surface area contributed by atoms with Gasteiger partial charge in [-0.2, -0.15) is 8.42 Å². The summed E-state index contributed by atoms with van der Waals surface area (Å²) in [5.41, 5.74) is 6.37. The Morgan fingerprint density at radius 2 is 1.57 bits per heavy atom. The van der Waals surface area contributed by atoms with Gasteiger partial charge in [0.25, 0.3) is 10.1 Å². The number of aryl methyl sites for hydroxylation is 1. The number of hydrogen-bond acceptors (Lipinski definition) is 5. The van der Waals surface area contributed by atoms with Gasteiger partial charge in [-0.1, -0.05) is 12.1 Å². The van der Waals surface area contributed by atoms with Gasteiger partial charge >= 0.3 is 0 Å². The molecule has 0 bridgehead atoms. The highest BCUT2D eigenvalue weighted by atomic mass is 32.2. The summed E-state index contributed by atoms with van der Waals surface area (Å²) in [6.45, 7) is 1.61. The van der Waals surface area contributed by atoms with Crippen LogP contribution in [-0.4, -0.2) is 21.4 Å². The lowest BCUT2D eigenvalue weighted by Crippen LogP contribution is -2.07. The molecule has 0 aliphatic heterocycles. The zero-order valence-electron chi connectivity index (χ0n) is 11.0. The number of nitrogen functional groups attached to an aromatic ring is 1. The summed E-state index contributed by atoms with van der Waals surface area (Å²) >= 11 is 0. The lowest BCUT2D eigenvalue weighted by Gasteiger charge is -2.09. The van der Waals surface area contributed by atoms with E-state index in [1.165, 1.54) is 18.2 Å². The largest absolute Gasteiger partial charge is 0.399 e. The van der Waals surface area contributed by atoms with Crippen molar-refractivity contribution in [3.63, 3.8) is 0 Å². The van der Waals surface area contributed by atoms with Crippen LogP contribution in [0.15, 0.2) is 57.2 Å². The van der Waals surface area contributed by atoms with E-state index >= 15 is 0 Å². The number of rotatable bonds is 3. The summed E-state index contributed by atoms with van der Waals surface area (Å²) in [5, 5.41) is 0. The maximum atomic E-state index is 12.6. The average molecular weight is 327 g/mol. The van der Waals surface area contributed by atoms with Crippen LogP contribution >= 0.6 is 0 Å². The minimum atomic E-state index is -4.48. The Labute approximate surface area is 122 Å². The zero-order chi connectivity index (χ0) is 15.8. The van der Waals surface area contributed by atoms with Crippen molar-refractivity contribution in [3.8, 4) is 0 Å². The van der Waals surface area contributed by atoms with E-state index in [0.717, 1.165) is 12.1 Å². The Kier molecular flexibility index (Phi) is 3.79. The van der Waals surface area contributed by atoms with Crippen LogP contribution in [0, 0.1) is 6.92 Å². The van der Waals surface area contributed by atoms with Gasteiger partial charge in [0.05, 0.1) is 14.7 Å². The third-order valence-electron chi connectivity index (χ3n) is 2.92. The number of anilines is 1. The summed E-state index contributed by atoms with van der Waals surface area (Å²) in [4.78, 5) is -0.716. The molecule has 0 saturated heterocycles. The van der Waals surface area contributed by atoms with Crippen LogP contribution in [0.2, 0.25) is 0 Å². The van der Waals surface area contributed by atoms with Gasteiger partial charge in [-0.15, -0.1) is 0 Å². The van der Waals surface area contributed by atoms with E-state index in [9.17, 15) is 16.8 Å². The molecule has 0 aliphatic rings. The lowest BCUT2D eigenvalue weighted by atomic mass is 10.2. The molecule has 6 nitrogen and oxygen atoms in total. The van der Waals surface area contributed by atoms with Gasteiger partial charge < -0.3 is 5.73 Å². The molecule has 0 heterocycles. The molecule has 0 aliphatic carbocycles. The molecule has 2 rings (SSSR count). The van der Waals surface area contributed by atoms with Crippen LogP contribution in [0.25, 0.3) is 0 Å². The first-order valence-corrected chi connectivity index (χ1v) is 8.73. The average Bonchev–Trinajstić information content (AvgIpc) is 2.40. The second-order valence-corrected chi connectivity index (χ2v) is 7.82. The van der Waals surface area contributed by atoms with Crippen molar-refractivity contribution >= 4 is 25.6 Å². The van der Waals surface area contributed by atoms with Gasteiger partial charge in [0, 0.05) is 5.69 Å². The summed E-state index contributed by atoms with van der Waals surface area (Å²) in [7, 11) is -8.41. The van der Waals surface area contributed by atoms with Crippen LogP contribution in [0.1, 0.15) is 5.56 Å². The Bertz CT molecular complexity index is 902. The molecule has 0 unspecified atom stereocenters. The van der Waals surface area contributed by atoms with Crippen molar-refractivity contribution in [2.24, 2.45) is 0 Å². The molecule has 2 aromatic rings. The van der Waals surface area contributed by atoms with Crippen LogP contribution < -0.4 is 5.73 Å². The molecular formula is C13H13NO5S2. The quantitative estimate of drug-likeness (QED) is 0.654. The third-order valence-corrected chi connectivity index (χ3v) is 5.66. The maximum absolute atomic E-state index is 12.6. The maximum Gasteiger partial charge on any atom is 0.294 e. The standard InChI is InChI=1S/C13H13NO5S2/c1-9-5-6-10(14)7-13(9)20(15,16)11-3-2-4-12(8-11)21(17,18)19/h2-8H,14H2,1H3,(H,17,18,19). The molecule has 0 aromatic heterocycles. The molecule has 0 radical (unpaired) electrons. The minimum absolute atomic E-state index is 0.00464. The van der Waals surface area contributed by atoms with Crippen LogP contribution in [0.5, 0.6) is 0 Å². The molecule has 0 atom stereocenters. The first kappa shape index (κ1) is 15.5. The fourth-order valence-corrected chi connectivity index (χ4v) is 4.01. The van der Waals surface area contributed by atoms with E-state index in [4.69, 9.17) is 10.3 Å². The Morgan fingerprint density at radius 3 is 2.19 bits per heavy atom. The number of sulfone groups is 1.